The van der Waals surface area contributed by atoms with Crippen LogP contribution in [0, 0.1) is 5.92 Å². The molecule has 0 radical (unpaired) electrons. The highest BCUT2D eigenvalue weighted by Crippen LogP contribution is 2.37. The Morgan fingerprint density at radius 2 is 1.95 bits per heavy atom. The molecule has 0 aliphatic heterocycles. The van der Waals surface area contributed by atoms with Gasteiger partial charge in [0.25, 0.3) is 5.91 Å². The van der Waals surface area contributed by atoms with E-state index in [9.17, 15) is 18.0 Å². The standard InChI is InChI=1S/C13H16F3N3O/c14-13(15,16)8-3-5-9(6-4-8)19-12(20)11-10(17)2-1-7-18-11/h1-2,7-9H,3-6,17H2,(H,19,20). The van der Waals surface area contributed by atoms with Crippen molar-refractivity contribution in [3.05, 3.63) is 24.0 Å². The lowest BCUT2D eigenvalue weighted by molar-refractivity contribution is -0.182. The molecule has 1 saturated carbocycles. The van der Waals surface area contributed by atoms with E-state index >= 15 is 0 Å². The molecule has 0 unspecified atom stereocenters. The molecule has 0 aromatic carbocycles. The molecule has 1 heterocycles. The maximum absolute atomic E-state index is 12.5. The largest absolute Gasteiger partial charge is 0.397 e. The number of pyridine rings is 1. The van der Waals surface area contributed by atoms with E-state index in [4.69, 9.17) is 5.73 Å². The van der Waals surface area contributed by atoms with Gasteiger partial charge in [0.1, 0.15) is 0 Å². The summed E-state index contributed by atoms with van der Waals surface area (Å²) in [5.74, 6) is -1.69. The summed E-state index contributed by atoms with van der Waals surface area (Å²) in [6.45, 7) is 0. The van der Waals surface area contributed by atoms with Crippen LogP contribution in [0.15, 0.2) is 18.3 Å². The number of nitrogens with two attached hydrogens (primary N) is 1. The quantitative estimate of drug-likeness (QED) is 0.878. The summed E-state index contributed by atoms with van der Waals surface area (Å²) in [6, 6.07) is 2.92. The fraction of sp³-hybridized carbons (Fsp3) is 0.538. The van der Waals surface area contributed by atoms with E-state index in [1.807, 2.05) is 0 Å². The maximum Gasteiger partial charge on any atom is 0.391 e. The first-order valence-electron chi connectivity index (χ1n) is 6.46. The number of nitrogen functional groups attached to an aromatic ring is 1. The van der Waals surface area contributed by atoms with Crippen molar-refractivity contribution in [2.24, 2.45) is 5.92 Å². The van der Waals surface area contributed by atoms with Gasteiger partial charge in [0.2, 0.25) is 0 Å². The van der Waals surface area contributed by atoms with Gasteiger partial charge in [-0.1, -0.05) is 0 Å². The first-order chi connectivity index (χ1) is 9.38. The van der Waals surface area contributed by atoms with Crippen LogP contribution in [0.1, 0.15) is 36.2 Å². The van der Waals surface area contributed by atoms with Crippen molar-refractivity contribution in [2.45, 2.75) is 37.9 Å². The van der Waals surface area contributed by atoms with Crippen LogP contribution < -0.4 is 11.1 Å². The Bertz CT molecular complexity index is 482. The Morgan fingerprint density at radius 3 is 2.50 bits per heavy atom. The highest BCUT2D eigenvalue weighted by molar-refractivity contribution is 5.97. The van der Waals surface area contributed by atoms with Crippen LogP contribution >= 0.6 is 0 Å². The Kier molecular flexibility index (Phi) is 4.15. The number of alkyl halides is 3. The molecule has 1 aromatic rings. The number of rotatable bonds is 2. The number of hydrogen-bond donors (Lipinski definition) is 2. The monoisotopic (exact) mass is 287 g/mol. The van der Waals surface area contributed by atoms with E-state index in [0.717, 1.165) is 0 Å². The first-order valence-corrected chi connectivity index (χ1v) is 6.46. The molecule has 1 aliphatic carbocycles. The van der Waals surface area contributed by atoms with E-state index < -0.39 is 18.0 Å². The summed E-state index contributed by atoms with van der Waals surface area (Å²) >= 11 is 0. The van der Waals surface area contributed by atoms with Gasteiger partial charge in [-0.25, -0.2) is 4.98 Å². The van der Waals surface area contributed by atoms with Crippen LogP contribution in [0.4, 0.5) is 18.9 Å². The number of nitrogens with zero attached hydrogens (tertiary/aromatic N) is 1. The molecule has 1 aromatic heterocycles. The lowest BCUT2D eigenvalue weighted by atomic mass is 9.85. The maximum atomic E-state index is 12.5. The second-order valence-corrected chi connectivity index (χ2v) is 5.00. The molecule has 3 N–H and O–H groups in total. The van der Waals surface area contributed by atoms with Gasteiger partial charge in [-0.2, -0.15) is 13.2 Å². The second-order valence-electron chi connectivity index (χ2n) is 5.00. The summed E-state index contributed by atoms with van der Waals surface area (Å²) in [5, 5.41) is 2.70. The van der Waals surface area contributed by atoms with Crippen molar-refractivity contribution in [3.8, 4) is 0 Å². The number of amides is 1. The number of anilines is 1. The van der Waals surface area contributed by atoms with E-state index in [2.05, 4.69) is 10.3 Å². The number of aromatic nitrogens is 1. The number of carbonyl (C=O) groups excluding carboxylic acids is 1. The minimum absolute atomic E-state index is 0.0478. The molecule has 2 rings (SSSR count). The zero-order chi connectivity index (χ0) is 14.8. The molecule has 1 fully saturated rings. The molecule has 4 nitrogen and oxygen atoms in total. The van der Waals surface area contributed by atoms with Crippen molar-refractivity contribution < 1.29 is 18.0 Å². The summed E-state index contributed by atoms with van der Waals surface area (Å²) in [4.78, 5) is 15.8. The minimum atomic E-state index is -4.14. The Morgan fingerprint density at radius 1 is 1.30 bits per heavy atom. The highest BCUT2D eigenvalue weighted by Gasteiger charge is 2.41. The molecule has 1 aliphatic rings. The Hall–Kier alpha value is -1.79. The SMILES string of the molecule is Nc1cccnc1C(=O)NC1CCC(C(F)(F)F)CC1. The van der Waals surface area contributed by atoms with Crippen molar-refractivity contribution in [1.82, 2.24) is 10.3 Å². The van der Waals surface area contributed by atoms with Crippen LogP contribution in [0.5, 0.6) is 0 Å². The lowest BCUT2D eigenvalue weighted by Crippen LogP contribution is -2.40. The molecule has 20 heavy (non-hydrogen) atoms. The predicted octanol–water partition coefficient (Wildman–Crippen LogP) is 2.51. The average molecular weight is 287 g/mol. The third-order valence-electron chi connectivity index (χ3n) is 3.58. The summed E-state index contributed by atoms with van der Waals surface area (Å²) < 4.78 is 37.6. The zero-order valence-corrected chi connectivity index (χ0v) is 10.8. The smallest absolute Gasteiger partial charge is 0.391 e. The molecule has 0 bridgehead atoms. The van der Waals surface area contributed by atoms with E-state index in [0.29, 0.717) is 12.8 Å². The van der Waals surface area contributed by atoms with Gasteiger partial charge < -0.3 is 11.1 Å². The molecule has 0 atom stereocenters. The lowest BCUT2D eigenvalue weighted by Gasteiger charge is -2.30. The average Bonchev–Trinajstić information content (AvgIpc) is 2.38. The molecule has 7 heteroatoms. The molecular weight excluding hydrogens is 271 g/mol. The van der Waals surface area contributed by atoms with E-state index in [1.165, 1.54) is 6.20 Å². The first kappa shape index (κ1) is 14.6. The minimum Gasteiger partial charge on any atom is -0.397 e. The summed E-state index contributed by atoms with van der Waals surface area (Å²) in [6.07, 6.45) is -1.95. The molecule has 1 amide bonds. The molecule has 110 valence electrons. The van der Waals surface area contributed by atoms with Gasteiger partial charge in [-0.05, 0) is 37.8 Å². The van der Waals surface area contributed by atoms with Crippen molar-refractivity contribution in [2.75, 3.05) is 5.73 Å². The topological polar surface area (TPSA) is 68.0 Å². The summed E-state index contributed by atoms with van der Waals surface area (Å²) in [7, 11) is 0. The highest BCUT2D eigenvalue weighted by atomic mass is 19.4. The number of nitrogens with one attached hydrogen (secondary N) is 1. The molecule has 0 saturated heterocycles. The number of hydrogen-bond acceptors (Lipinski definition) is 3. The molecular formula is C13H16F3N3O. The van der Waals surface area contributed by atoms with E-state index in [1.54, 1.807) is 12.1 Å². The second kappa shape index (κ2) is 5.68. The van der Waals surface area contributed by atoms with Crippen LogP contribution in [-0.4, -0.2) is 23.1 Å². The normalized spacial score (nSPS) is 23.4. The predicted molar refractivity (Wildman–Crippen MR) is 67.9 cm³/mol. The summed E-state index contributed by atoms with van der Waals surface area (Å²) in [5.41, 5.74) is 6.01. The third-order valence-corrected chi connectivity index (χ3v) is 3.58. The van der Waals surface area contributed by atoms with Gasteiger partial charge in [-0.3, -0.25) is 4.79 Å². The number of halogens is 3. The van der Waals surface area contributed by atoms with Crippen molar-refractivity contribution >= 4 is 11.6 Å². The number of carbonyl (C=O) groups is 1. The Balaban J connectivity index is 1.90. The fourth-order valence-corrected chi connectivity index (χ4v) is 2.43. The van der Waals surface area contributed by atoms with Gasteiger partial charge in [-0.15, -0.1) is 0 Å². The van der Waals surface area contributed by atoms with Gasteiger partial charge >= 0.3 is 6.18 Å². The van der Waals surface area contributed by atoms with Crippen molar-refractivity contribution in [3.63, 3.8) is 0 Å². The van der Waals surface area contributed by atoms with Crippen LogP contribution in [0.2, 0.25) is 0 Å². The van der Waals surface area contributed by atoms with Gasteiger partial charge in [0.05, 0.1) is 11.6 Å². The third kappa shape index (κ3) is 3.40. The van der Waals surface area contributed by atoms with Gasteiger partial charge in [0.15, 0.2) is 5.69 Å². The molecule has 0 spiro atoms. The van der Waals surface area contributed by atoms with Crippen LogP contribution in [-0.2, 0) is 0 Å². The van der Waals surface area contributed by atoms with Crippen molar-refractivity contribution in [1.29, 1.82) is 0 Å². The van der Waals surface area contributed by atoms with Crippen LogP contribution in [0.25, 0.3) is 0 Å². The fourth-order valence-electron chi connectivity index (χ4n) is 2.43. The van der Waals surface area contributed by atoms with E-state index in [-0.39, 0.29) is 30.3 Å². The van der Waals surface area contributed by atoms with Crippen LogP contribution in [0.3, 0.4) is 0 Å². The Labute approximate surface area is 114 Å². The van der Waals surface area contributed by atoms with Gasteiger partial charge in [0, 0.05) is 12.2 Å². The zero-order valence-electron chi connectivity index (χ0n) is 10.8.